The molecule has 5 heteroatoms. The van der Waals surface area contributed by atoms with E-state index in [4.69, 9.17) is 9.84 Å². The van der Waals surface area contributed by atoms with E-state index in [1.165, 1.54) is 16.7 Å². The fraction of sp³-hybridized carbons (Fsp3) is 0.143. The van der Waals surface area contributed by atoms with Gasteiger partial charge in [-0.3, -0.25) is 0 Å². The monoisotopic (exact) mass is 275 g/mol. The minimum absolute atomic E-state index is 0.0813. The largest absolute Gasteiger partial charge is 0.476 e. The summed E-state index contributed by atoms with van der Waals surface area (Å²) in [5.74, 6) is -1.00. The highest BCUT2D eigenvalue weighted by molar-refractivity contribution is 7.10. The van der Waals surface area contributed by atoms with E-state index in [0.29, 0.717) is 11.6 Å². The molecule has 2 aromatic rings. The number of carboxylic acid groups (broad SMARTS) is 1. The lowest BCUT2D eigenvalue weighted by Crippen LogP contribution is -1.95. The van der Waals surface area contributed by atoms with Crippen LogP contribution in [0.4, 0.5) is 0 Å². The van der Waals surface area contributed by atoms with Crippen molar-refractivity contribution in [2.45, 2.75) is 6.61 Å². The van der Waals surface area contributed by atoms with Gasteiger partial charge in [-0.25, -0.2) is 9.78 Å². The molecule has 1 N–H and O–H groups in total. The van der Waals surface area contributed by atoms with Gasteiger partial charge in [0.15, 0.2) is 5.69 Å². The highest BCUT2D eigenvalue weighted by Crippen LogP contribution is 2.14. The number of thiazole rings is 1. The average molecular weight is 275 g/mol. The average Bonchev–Trinajstić information content (AvgIpc) is 2.86. The second-order valence-corrected chi connectivity index (χ2v) is 4.78. The van der Waals surface area contributed by atoms with Crippen molar-refractivity contribution in [1.82, 2.24) is 4.98 Å². The third-order valence-corrected chi connectivity index (χ3v) is 3.23. The Morgan fingerprint density at radius 1 is 1.47 bits per heavy atom. The molecule has 0 spiro atoms. The lowest BCUT2D eigenvalue weighted by atomic mass is 10.1. The quantitative estimate of drug-likeness (QED) is 0.910. The Morgan fingerprint density at radius 2 is 2.32 bits per heavy atom. The SMILES string of the molecule is COCc1cccc(/C=C/c2nc(C(=O)O)cs2)c1. The summed E-state index contributed by atoms with van der Waals surface area (Å²) in [6, 6.07) is 7.94. The zero-order chi connectivity index (χ0) is 13.7. The summed E-state index contributed by atoms with van der Waals surface area (Å²) in [6.07, 6.45) is 3.71. The molecule has 0 unspecified atom stereocenters. The molecule has 0 fully saturated rings. The molecule has 1 aromatic heterocycles. The first kappa shape index (κ1) is 13.5. The Labute approximate surface area is 115 Å². The second-order valence-electron chi connectivity index (χ2n) is 3.89. The van der Waals surface area contributed by atoms with Gasteiger partial charge in [0.1, 0.15) is 5.01 Å². The van der Waals surface area contributed by atoms with Gasteiger partial charge in [0, 0.05) is 12.5 Å². The minimum atomic E-state index is -1.00. The topological polar surface area (TPSA) is 59.4 Å². The molecule has 0 aliphatic rings. The van der Waals surface area contributed by atoms with Crippen LogP contribution >= 0.6 is 11.3 Å². The number of methoxy groups -OCH3 is 1. The van der Waals surface area contributed by atoms with Gasteiger partial charge in [-0.05, 0) is 23.3 Å². The molecule has 98 valence electrons. The van der Waals surface area contributed by atoms with E-state index < -0.39 is 5.97 Å². The van der Waals surface area contributed by atoms with E-state index >= 15 is 0 Å². The van der Waals surface area contributed by atoms with Gasteiger partial charge in [0.25, 0.3) is 0 Å². The van der Waals surface area contributed by atoms with Gasteiger partial charge in [0.2, 0.25) is 0 Å². The van der Waals surface area contributed by atoms with Crippen molar-refractivity contribution < 1.29 is 14.6 Å². The highest BCUT2D eigenvalue weighted by atomic mass is 32.1. The molecule has 0 atom stereocenters. The number of ether oxygens (including phenoxy) is 1. The van der Waals surface area contributed by atoms with Crippen LogP contribution in [0.15, 0.2) is 29.6 Å². The standard InChI is InChI=1S/C14H13NO3S/c1-18-8-11-4-2-3-10(7-11)5-6-13-15-12(9-19-13)14(16)17/h2-7,9H,8H2,1H3,(H,16,17)/b6-5+. The Kier molecular flexibility index (Phi) is 4.43. The maximum absolute atomic E-state index is 10.7. The first-order chi connectivity index (χ1) is 9.19. The third kappa shape index (κ3) is 3.74. The Hall–Kier alpha value is -1.98. The van der Waals surface area contributed by atoms with E-state index in [1.54, 1.807) is 7.11 Å². The number of carboxylic acids is 1. The Bertz CT molecular complexity index is 604. The first-order valence-electron chi connectivity index (χ1n) is 5.64. The van der Waals surface area contributed by atoms with Crippen molar-refractivity contribution >= 4 is 29.5 Å². The van der Waals surface area contributed by atoms with Gasteiger partial charge >= 0.3 is 5.97 Å². The number of aromatic carboxylic acids is 1. The molecule has 0 amide bonds. The summed E-state index contributed by atoms with van der Waals surface area (Å²) in [7, 11) is 1.66. The molecular formula is C14H13NO3S. The maximum atomic E-state index is 10.7. The number of carbonyl (C=O) groups is 1. The summed E-state index contributed by atoms with van der Waals surface area (Å²) in [5, 5.41) is 11.0. The summed E-state index contributed by atoms with van der Waals surface area (Å²) < 4.78 is 5.08. The van der Waals surface area contributed by atoms with Gasteiger partial charge in [-0.15, -0.1) is 11.3 Å². The van der Waals surface area contributed by atoms with Crippen molar-refractivity contribution in [3.8, 4) is 0 Å². The number of benzene rings is 1. The zero-order valence-corrected chi connectivity index (χ0v) is 11.2. The maximum Gasteiger partial charge on any atom is 0.355 e. The predicted molar refractivity (Wildman–Crippen MR) is 75.2 cm³/mol. The number of rotatable bonds is 5. The molecule has 0 saturated heterocycles. The lowest BCUT2D eigenvalue weighted by molar-refractivity contribution is 0.0691. The van der Waals surface area contributed by atoms with Gasteiger partial charge in [0.05, 0.1) is 6.61 Å². The Balaban J connectivity index is 2.12. The molecule has 19 heavy (non-hydrogen) atoms. The van der Waals surface area contributed by atoms with Crippen LogP contribution in [0.3, 0.4) is 0 Å². The van der Waals surface area contributed by atoms with Gasteiger partial charge < -0.3 is 9.84 Å². The van der Waals surface area contributed by atoms with E-state index in [-0.39, 0.29) is 5.69 Å². The molecular weight excluding hydrogens is 262 g/mol. The smallest absolute Gasteiger partial charge is 0.355 e. The van der Waals surface area contributed by atoms with Crippen LogP contribution in [-0.2, 0) is 11.3 Å². The molecule has 1 heterocycles. The molecule has 0 aliphatic carbocycles. The van der Waals surface area contributed by atoms with Crippen molar-refractivity contribution in [1.29, 1.82) is 0 Å². The van der Waals surface area contributed by atoms with Gasteiger partial charge in [-0.2, -0.15) is 0 Å². The summed E-state index contributed by atoms with van der Waals surface area (Å²) in [5.41, 5.74) is 2.20. The summed E-state index contributed by atoms with van der Waals surface area (Å²) in [4.78, 5) is 14.7. The van der Waals surface area contributed by atoms with Crippen LogP contribution in [0.5, 0.6) is 0 Å². The molecule has 1 aromatic carbocycles. The van der Waals surface area contributed by atoms with E-state index in [0.717, 1.165) is 11.1 Å². The van der Waals surface area contributed by atoms with Crippen molar-refractivity contribution in [2.75, 3.05) is 7.11 Å². The molecule has 4 nitrogen and oxygen atoms in total. The fourth-order valence-corrected chi connectivity index (χ4v) is 2.27. The van der Waals surface area contributed by atoms with Crippen molar-refractivity contribution in [2.24, 2.45) is 0 Å². The fourth-order valence-electron chi connectivity index (χ4n) is 1.58. The number of nitrogens with zero attached hydrogens (tertiary/aromatic N) is 1. The Morgan fingerprint density at radius 3 is 3.00 bits per heavy atom. The molecule has 0 saturated carbocycles. The van der Waals surface area contributed by atoms with E-state index in [1.807, 2.05) is 36.4 Å². The highest BCUT2D eigenvalue weighted by Gasteiger charge is 2.06. The molecule has 2 rings (SSSR count). The number of hydrogen-bond donors (Lipinski definition) is 1. The second kappa shape index (κ2) is 6.26. The van der Waals surface area contributed by atoms with Crippen molar-refractivity contribution in [3.05, 3.63) is 51.5 Å². The van der Waals surface area contributed by atoms with Crippen LogP contribution in [0.25, 0.3) is 12.2 Å². The van der Waals surface area contributed by atoms with E-state index in [9.17, 15) is 4.79 Å². The molecule has 0 aliphatic heterocycles. The normalized spacial score (nSPS) is 11.0. The molecule has 0 bridgehead atoms. The minimum Gasteiger partial charge on any atom is -0.476 e. The predicted octanol–water partition coefficient (Wildman–Crippen LogP) is 3.16. The zero-order valence-electron chi connectivity index (χ0n) is 10.4. The van der Waals surface area contributed by atoms with E-state index in [2.05, 4.69) is 4.98 Å². The van der Waals surface area contributed by atoms with Crippen molar-refractivity contribution in [3.63, 3.8) is 0 Å². The van der Waals surface area contributed by atoms with Crippen LogP contribution in [0.1, 0.15) is 26.6 Å². The lowest BCUT2D eigenvalue weighted by Gasteiger charge is -2.00. The van der Waals surface area contributed by atoms with Crippen LogP contribution in [0.2, 0.25) is 0 Å². The first-order valence-corrected chi connectivity index (χ1v) is 6.52. The van der Waals surface area contributed by atoms with Crippen LogP contribution < -0.4 is 0 Å². The molecule has 0 radical (unpaired) electrons. The third-order valence-electron chi connectivity index (χ3n) is 2.42. The number of aromatic nitrogens is 1. The number of hydrogen-bond acceptors (Lipinski definition) is 4. The van der Waals surface area contributed by atoms with Gasteiger partial charge in [-0.1, -0.05) is 24.3 Å². The summed E-state index contributed by atoms with van der Waals surface area (Å²) in [6.45, 7) is 0.572. The van der Waals surface area contributed by atoms with Crippen LogP contribution in [0, 0.1) is 0 Å². The summed E-state index contributed by atoms with van der Waals surface area (Å²) >= 11 is 1.31. The van der Waals surface area contributed by atoms with Crippen LogP contribution in [-0.4, -0.2) is 23.2 Å².